The number of nitrogens with one attached hydrogen (secondary N) is 1. The molecular formula is C21H18ClNO2. The number of amides is 1. The van der Waals surface area contributed by atoms with E-state index in [9.17, 15) is 9.59 Å². The third-order valence-corrected chi connectivity index (χ3v) is 4.36. The maximum Gasteiger partial charge on any atom is 0.224 e. The summed E-state index contributed by atoms with van der Waals surface area (Å²) in [7, 11) is 0. The lowest BCUT2D eigenvalue weighted by Crippen LogP contribution is -2.13. The molecule has 3 aromatic rings. The summed E-state index contributed by atoms with van der Waals surface area (Å²) in [6.07, 6.45) is 0.281. The summed E-state index contributed by atoms with van der Waals surface area (Å²) >= 11 is 6.11. The number of rotatable bonds is 5. The van der Waals surface area contributed by atoms with Crippen molar-refractivity contribution in [1.82, 2.24) is 0 Å². The van der Waals surface area contributed by atoms with Gasteiger partial charge < -0.3 is 5.32 Å². The number of benzene rings is 3. The van der Waals surface area contributed by atoms with Crippen molar-refractivity contribution >= 4 is 39.8 Å². The van der Waals surface area contributed by atoms with Gasteiger partial charge in [-0.3, -0.25) is 9.59 Å². The molecule has 1 amide bonds. The van der Waals surface area contributed by atoms with Gasteiger partial charge in [0.05, 0.1) is 10.7 Å². The fourth-order valence-corrected chi connectivity index (χ4v) is 2.95. The fourth-order valence-electron chi connectivity index (χ4n) is 2.67. The lowest BCUT2D eigenvalue weighted by Gasteiger charge is -2.08. The topological polar surface area (TPSA) is 46.2 Å². The van der Waals surface area contributed by atoms with Gasteiger partial charge >= 0.3 is 0 Å². The Morgan fingerprint density at radius 2 is 1.68 bits per heavy atom. The number of fused-ring (bicyclic) bond motifs is 1. The molecule has 0 aromatic heterocycles. The molecule has 0 radical (unpaired) electrons. The van der Waals surface area contributed by atoms with Crippen LogP contribution >= 0.6 is 11.6 Å². The number of hydrogen-bond acceptors (Lipinski definition) is 2. The third-order valence-electron chi connectivity index (χ3n) is 4.05. The van der Waals surface area contributed by atoms with E-state index in [1.807, 2.05) is 49.4 Å². The Morgan fingerprint density at radius 3 is 2.44 bits per heavy atom. The zero-order valence-electron chi connectivity index (χ0n) is 13.9. The normalized spacial score (nSPS) is 10.6. The molecule has 1 N–H and O–H groups in total. The van der Waals surface area contributed by atoms with Crippen LogP contribution in [0.1, 0.15) is 28.8 Å². The van der Waals surface area contributed by atoms with Crippen molar-refractivity contribution in [2.24, 2.45) is 0 Å². The lowest BCUT2D eigenvalue weighted by atomic mass is 10.0. The van der Waals surface area contributed by atoms with Gasteiger partial charge in [-0.1, -0.05) is 54.1 Å². The van der Waals surface area contributed by atoms with Crippen LogP contribution < -0.4 is 5.32 Å². The van der Waals surface area contributed by atoms with Crippen LogP contribution in [0.25, 0.3) is 10.8 Å². The van der Waals surface area contributed by atoms with Gasteiger partial charge in [0.1, 0.15) is 0 Å². The maximum absolute atomic E-state index is 12.4. The standard InChI is InChI=1S/C21H18ClNO2/c1-14-6-9-19(18(22)12-14)23-21(25)11-10-20(24)17-8-7-15-4-2-3-5-16(15)13-17/h2-9,12-13H,10-11H2,1H3,(H,23,25). The Morgan fingerprint density at radius 1 is 0.920 bits per heavy atom. The summed E-state index contributed by atoms with van der Waals surface area (Å²) in [6, 6.07) is 18.9. The molecule has 25 heavy (non-hydrogen) atoms. The van der Waals surface area contributed by atoms with E-state index in [0.29, 0.717) is 16.3 Å². The molecule has 126 valence electrons. The Bertz CT molecular complexity index is 950. The Hall–Kier alpha value is -2.65. The first kappa shape index (κ1) is 17.2. The number of hydrogen-bond donors (Lipinski definition) is 1. The molecule has 3 nitrogen and oxygen atoms in total. The Labute approximate surface area is 151 Å². The van der Waals surface area contributed by atoms with Crippen molar-refractivity contribution in [2.75, 3.05) is 5.32 Å². The zero-order chi connectivity index (χ0) is 17.8. The third kappa shape index (κ3) is 4.25. The molecule has 3 aromatic carbocycles. The van der Waals surface area contributed by atoms with Crippen molar-refractivity contribution in [2.45, 2.75) is 19.8 Å². The molecule has 0 heterocycles. The van der Waals surface area contributed by atoms with Gasteiger partial charge in [-0.05, 0) is 41.5 Å². The van der Waals surface area contributed by atoms with Gasteiger partial charge in [-0.15, -0.1) is 0 Å². The molecule has 3 rings (SSSR count). The van der Waals surface area contributed by atoms with Crippen molar-refractivity contribution in [3.05, 3.63) is 76.8 Å². The molecule has 0 saturated carbocycles. The molecule has 0 aliphatic rings. The minimum atomic E-state index is -0.222. The predicted molar refractivity (Wildman–Crippen MR) is 102 cm³/mol. The van der Waals surface area contributed by atoms with Crippen LogP contribution in [-0.4, -0.2) is 11.7 Å². The quantitative estimate of drug-likeness (QED) is 0.625. The first-order chi connectivity index (χ1) is 12.0. The minimum absolute atomic E-state index is 0.0455. The largest absolute Gasteiger partial charge is 0.325 e. The van der Waals surface area contributed by atoms with Gasteiger partial charge in [-0.2, -0.15) is 0 Å². The van der Waals surface area contributed by atoms with E-state index in [4.69, 9.17) is 11.6 Å². The summed E-state index contributed by atoms with van der Waals surface area (Å²) in [5.41, 5.74) is 2.21. The monoisotopic (exact) mass is 351 g/mol. The van der Waals surface area contributed by atoms with Crippen LogP contribution in [0.4, 0.5) is 5.69 Å². The summed E-state index contributed by atoms with van der Waals surface area (Å²) in [5, 5.41) is 5.35. The highest BCUT2D eigenvalue weighted by molar-refractivity contribution is 6.33. The van der Waals surface area contributed by atoms with Crippen LogP contribution in [0.2, 0.25) is 5.02 Å². The second-order valence-electron chi connectivity index (χ2n) is 6.02. The summed E-state index contributed by atoms with van der Waals surface area (Å²) < 4.78 is 0. The number of aryl methyl sites for hydroxylation is 1. The SMILES string of the molecule is Cc1ccc(NC(=O)CCC(=O)c2ccc3ccccc3c2)c(Cl)c1. The van der Waals surface area contributed by atoms with E-state index in [0.717, 1.165) is 16.3 Å². The molecule has 0 aliphatic heterocycles. The van der Waals surface area contributed by atoms with Crippen molar-refractivity contribution in [1.29, 1.82) is 0 Å². The predicted octanol–water partition coefficient (Wildman–Crippen LogP) is 5.40. The van der Waals surface area contributed by atoms with Gasteiger partial charge in [0.2, 0.25) is 5.91 Å². The molecular weight excluding hydrogens is 334 g/mol. The molecule has 4 heteroatoms. The molecule has 0 unspecified atom stereocenters. The highest BCUT2D eigenvalue weighted by atomic mass is 35.5. The number of halogens is 1. The van der Waals surface area contributed by atoms with Crippen LogP contribution in [0, 0.1) is 6.92 Å². The highest BCUT2D eigenvalue weighted by Crippen LogP contribution is 2.23. The number of carbonyl (C=O) groups is 2. The number of anilines is 1. The second kappa shape index (κ2) is 7.49. The fraction of sp³-hybridized carbons (Fsp3) is 0.143. The van der Waals surface area contributed by atoms with Crippen LogP contribution in [0.5, 0.6) is 0 Å². The summed E-state index contributed by atoms with van der Waals surface area (Å²) in [6.45, 7) is 1.93. The van der Waals surface area contributed by atoms with E-state index in [-0.39, 0.29) is 24.5 Å². The highest BCUT2D eigenvalue weighted by Gasteiger charge is 2.11. The van der Waals surface area contributed by atoms with Crippen molar-refractivity contribution in [3.63, 3.8) is 0 Å². The Kier molecular flexibility index (Phi) is 5.15. The molecule has 0 aliphatic carbocycles. The second-order valence-corrected chi connectivity index (χ2v) is 6.42. The smallest absolute Gasteiger partial charge is 0.224 e. The number of carbonyl (C=O) groups excluding carboxylic acids is 2. The van der Waals surface area contributed by atoms with E-state index in [2.05, 4.69) is 5.32 Å². The Balaban J connectivity index is 1.61. The van der Waals surface area contributed by atoms with Crippen molar-refractivity contribution < 1.29 is 9.59 Å². The molecule has 0 fully saturated rings. The van der Waals surface area contributed by atoms with E-state index in [1.54, 1.807) is 18.2 Å². The van der Waals surface area contributed by atoms with Gasteiger partial charge in [-0.25, -0.2) is 0 Å². The average molecular weight is 352 g/mol. The van der Waals surface area contributed by atoms with Crippen LogP contribution in [-0.2, 0) is 4.79 Å². The lowest BCUT2D eigenvalue weighted by molar-refractivity contribution is -0.116. The van der Waals surface area contributed by atoms with Crippen molar-refractivity contribution in [3.8, 4) is 0 Å². The average Bonchev–Trinajstić information content (AvgIpc) is 2.61. The first-order valence-corrected chi connectivity index (χ1v) is 8.49. The maximum atomic E-state index is 12.4. The number of ketones is 1. The summed E-state index contributed by atoms with van der Waals surface area (Å²) in [5.74, 6) is -0.268. The van der Waals surface area contributed by atoms with E-state index in [1.165, 1.54) is 0 Å². The number of Topliss-reactive ketones (excluding diaryl/α,β-unsaturated/α-hetero) is 1. The van der Waals surface area contributed by atoms with E-state index < -0.39 is 0 Å². The van der Waals surface area contributed by atoms with Gasteiger partial charge in [0.15, 0.2) is 5.78 Å². The summed E-state index contributed by atoms with van der Waals surface area (Å²) in [4.78, 5) is 24.4. The molecule has 0 bridgehead atoms. The van der Waals surface area contributed by atoms with Gasteiger partial charge in [0.25, 0.3) is 0 Å². The van der Waals surface area contributed by atoms with Crippen LogP contribution in [0.3, 0.4) is 0 Å². The van der Waals surface area contributed by atoms with E-state index >= 15 is 0 Å². The zero-order valence-corrected chi connectivity index (χ0v) is 14.6. The molecule has 0 spiro atoms. The molecule has 0 saturated heterocycles. The first-order valence-electron chi connectivity index (χ1n) is 8.11. The molecule has 0 atom stereocenters. The minimum Gasteiger partial charge on any atom is -0.325 e. The van der Waals surface area contributed by atoms with Crippen LogP contribution in [0.15, 0.2) is 60.7 Å². The van der Waals surface area contributed by atoms with Gasteiger partial charge in [0, 0.05) is 18.4 Å².